The maximum atomic E-state index is 14.2. The van der Waals surface area contributed by atoms with E-state index in [4.69, 9.17) is 0 Å². The average Bonchev–Trinajstić information content (AvgIpc) is 3.45. The molecular weight excluding hydrogens is 588 g/mol. The Bertz CT molecular complexity index is 1880. The molecule has 0 spiro atoms. The number of nitrogens with one attached hydrogen (secondary N) is 3. The van der Waals surface area contributed by atoms with Gasteiger partial charge in [-0.3, -0.25) is 4.79 Å². The van der Waals surface area contributed by atoms with E-state index in [0.717, 1.165) is 46.8 Å². The summed E-state index contributed by atoms with van der Waals surface area (Å²) in [5.74, 6) is -1.19. The molecule has 45 heavy (non-hydrogen) atoms. The van der Waals surface area contributed by atoms with E-state index in [-0.39, 0.29) is 11.6 Å². The first-order chi connectivity index (χ1) is 21.5. The molecule has 5 aromatic rings. The van der Waals surface area contributed by atoms with Gasteiger partial charge >= 0.3 is 12.2 Å². The van der Waals surface area contributed by atoms with Crippen LogP contribution in [0, 0.1) is 5.82 Å². The SMILES string of the molecule is CN1CCN(C(=O)c2ccc(-c3cnc4[nH]cc(-c5cccc(NC(=O)Nc6ccc(C(F)(F)F)cc6F)c5)c4c3)cc2)CC1. The van der Waals surface area contributed by atoms with E-state index in [0.29, 0.717) is 42.1 Å². The van der Waals surface area contributed by atoms with Crippen molar-refractivity contribution in [3.63, 3.8) is 0 Å². The summed E-state index contributed by atoms with van der Waals surface area (Å²) < 4.78 is 52.7. The second-order valence-electron chi connectivity index (χ2n) is 10.8. The first-order valence-corrected chi connectivity index (χ1v) is 14.2. The van der Waals surface area contributed by atoms with Crippen LogP contribution in [0.25, 0.3) is 33.3 Å². The molecule has 2 aromatic heterocycles. The lowest BCUT2D eigenvalue weighted by Gasteiger charge is -2.32. The van der Waals surface area contributed by atoms with Crippen LogP contribution in [-0.2, 0) is 6.18 Å². The summed E-state index contributed by atoms with van der Waals surface area (Å²) in [6.45, 7) is 3.10. The second kappa shape index (κ2) is 12.0. The van der Waals surface area contributed by atoms with Gasteiger partial charge in [0.15, 0.2) is 0 Å². The molecule has 1 aliphatic rings. The van der Waals surface area contributed by atoms with Crippen molar-refractivity contribution >= 4 is 34.3 Å². The number of anilines is 2. The minimum Gasteiger partial charge on any atom is -0.346 e. The molecule has 0 unspecified atom stereocenters. The largest absolute Gasteiger partial charge is 0.416 e. The van der Waals surface area contributed by atoms with E-state index in [1.54, 1.807) is 30.6 Å². The fraction of sp³-hybridized carbons (Fsp3) is 0.182. The van der Waals surface area contributed by atoms with Crippen LogP contribution in [0.4, 0.5) is 33.7 Å². The summed E-state index contributed by atoms with van der Waals surface area (Å²) in [6, 6.07) is 17.5. The summed E-state index contributed by atoms with van der Waals surface area (Å²) in [5, 5.41) is 5.67. The third-order valence-electron chi connectivity index (χ3n) is 7.76. The van der Waals surface area contributed by atoms with Gasteiger partial charge in [0.25, 0.3) is 5.91 Å². The molecule has 3 N–H and O–H groups in total. The van der Waals surface area contributed by atoms with Crippen molar-refractivity contribution in [2.75, 3.05) is 43.9 Å². The van der Waals surface area contributed by atoms with Crippen LogP contribution in [0.5, 0.6) is 0 Å². The lowest BCUT2D eigenvalue weighted by Crippen LogP contribution is -2.47. The summed E-state index contributed by atoms with van der Waals surface area (Å²) in [6.07, 6.45) is -1.14. The van der Waals surface area contributed by atoms with Crippen LogP contribution < -0.4 is 10.6 Å². The van der Waals surface area contributed by atoms with Gasteiger partial charge in [-0.05, 0) is 66.7 Å². The molecule has 0 bridgehead atoms. The molecule has 6 rings (SSSR count). The highest BCUT2D eigenvalue weighted by Gasteiger charge is 2.31. The Hall–Kier alpha value is -5.23. The predicted molar refractivity (Wildman–Crippen MR) is 164 cm³/mol. The van der Waals surface area contributed by atoms with Gasteiger partial charge in [-0.2, -0.15) is 13.2 Å². The van der Waals surface area contributed by atoms with Crippen LogP contribution in [0.2, 0.25) is 0 Å². The van der Waals surface area contributed by atoms with Gasteiger partial charge < -0.3 is 25.4 Å². The molecule has 0 saturated carbocycles. The standard InChI is InChI=1S/C33H28F4N6O2/c1-42-11-13-43(14-12-42)31(44)21-7-5-20(6-8-21)23-16-26-27(19-39-30(26)38-18-23)22-3-2-4-25(15-22)40-32(45)41-29-10-9-24(17-28(29)34)33(35,36)37/h2-10,15-19H,11-14H2,1H3,(H,38,39)(H2,40,41,45). The van der Waals surface area contributed by atoms with Gasteiger partial charge in [-0.25, -0.2) is 14.2 Å². The zero-order valence-corrected chi connectivity index (χ0v) is 24.1. The van der Waals surface area contributed by atoms with Crippen LogP contribution in [0.3, 0.4) is 0 Å². The fourth-order valence-corrected chi connectivity index (χ4v) is 5.24. The van der Waals surface area contributed by atoms with E-state index in [2.05, 4.69) is 25.5 Å². The Balaban J connectivity index is 1.18. The molecule has 1 aliphatic heterocycles. The third-order valence-corrected chi connectivity index (χ3v) is 7.76. The first kappa shape index (κ1) is 29.8. The zero-order chi connectivity index (χ0) is 31.7. The molecule has 3 heterocycles. The van der Waals surface area contributed by atoms with Crippen molar-refractivity contribution in [3.05, 3.63) is 102 Å². The van der Waals surface area contributed by atoms with E-state index in [1.807, 2.05) is 48.3 Å². The number of alkyl halides is 3. The van der Waals surface area contributed by atoms with Gasteiger partial charge in [0.1, 0.15) is 11.5 Å². The van der Waals surface area contributed by atoms with Crippen LogP contribution in [0.15, 0.2) is 85.2 Å². The first-order valence-electron chi connectivity index (χ1n) is 14.2. The Morgan fingerprint density at radius 1 is 0.867 bits per heavy atom. The second-order valence-corrected chi connectivity index (χ2v) is 10.8. The Kier molecular flexibility index (Phi) is 7.98. The van der Waals surface area contributed by atoms with Crippen molar-refractivity contribution in [2.45, 2.75) is 6.18 Å². The van der Waals surface area contributed by atoms with Crippen molar-refractivity contribution < 1.29 is 27.2 Å². The maximum Gasteiger partial charge on any atom is 0.416 e. The van der Waals surface area contributed by atoms with E-state index >= 15 is 0 Å². The Morgan fingerprint density at radius 3 is 2.33 bits per heavy atom. The van der Waals surface area contributed by atoms with Gasteiger partial charge in [0.05, 0.1) is 11.3 Å². The molecule has 12 heteroatoms. The van der Waals surface area contributed by atoms with Crippen LogP contribution in [0.1, 0.15) is 15.9 Å². The number of fused-ring (bicyclic) bond motifs is 1. The highest BCUT2D eigenvalue weighted by atomic mass is 19.4. The van der Waals surface area contributed by atoms with Crippen molar-refractivity contribution in [1.82, 2.24) is 19.8 Å². The lowest BCUT2D eigenvalue weighted by atomic mass is 10.0. The smallest absolute Gasteiger partial charge is 0.346 e. The van der Waals surface area contributed by atoms with E-state index < -0.39 is 23.6 Å². The van der Waals surface area contributed by atoms with Gasteiger partial charge in [0.2, 0.25) is 0 Å². The number of aromatic amines is 1. The molecular formula is C33H28F4N6O2. The number of halogens is 4. The summed E-state index contributed by atoms with van der Waals surface area (Å²) in [4.78, 5) is 37.3. The van der Waals surface area contributed by atoms with Gasteiger partial charge in [-0.15, -0.1) is 0 Å². The number of aromatic nitrogens is 2. The molecule has 0 atom stereocenters. The molecule has 230 valence electrons. The molecule has 0 radical (unpaired) electrons. The van der Waals surface area contributed by atoms with E-state index in [1.165, 1.54) is 0 Å². The molecule has 3 aromatic carbocycles. The number of piperazine rings is 1. The number of amides is 3. The summed E-state index contributed by atoms with van der Waals surface area (Å²) in [7, 11) is 2.04. The quantitative estimate of drug-likeness (QED) is 0.184. The van der Waals surface area contributed by atoms with Gasteiger partial charge in [-0.1, -0.05) is 24.3 Å². The molecule has 3 amide bonds. The van der Waals surface area contributed by atoms with Crippen LogP contribution in [-0.4, -0.2) is 64.9 Å². The normalized spacial score (nSPS) is 14.0. The Labute approximate surface area is 255 Å². The number of nitrogens with zero attached hydrogens (tertiary/aromatic N) is 3. The number of pyridine rings is 1. The van der Waals surface area contributed by atoms with E-state index in [9.17, 15) is 27.2 Å². The number of carbonyl (C=O) groups is 2. The molecule has 1 fully saturated rings. The molecule has 8 nitrogen and oxygen atoms in total. The monoisotopic (exact) mass is 616 g/mol. The number of urea groups is 1. The van der Waals surface area contributed by atoms with Gasteiger partial charge in [0, 0.05) is 66.3 Å². The highest BCUT2D eigenvalue weighted by Crippen LogP contribution is 2.33. The zero-order valence-electron chi connectivity index (χ0n) is 24.1. The van der Waals surface area contributed by atoms with Crippen molar-refractivity contribution in [3.8, 4) is 22.3 Å². The number of carbonyl (C=O) groups excluding carboxylic acids is 2. The number of rotatable bonds is 5. The number of hydrogen-bond donors (Lipinski definition) is 3. The van der Waals surface area contributed by atoms with Crippen LogP contribution >= 0.6 is 0 Å². The number of H-pyrrole nitrogens is 1. The highest BCUT2D eigenvalue weighted by molar-refractivity contribution is 6.01. The number of benzene rings is 3. The minimum absolute atomic E-state index is 0.0165. The third kappa shape index (κ3) is 6.50. The molecule has 1 saturated heterocycles. The average molecular weight is 617 g/mol. The number of likely N-dealkylation sites (N-methyl/N-ethyl adjacent to an activating group) is 1. The fourth-order valence-electron chi connectivity index (χ4n) is 5.24. The number of hydrogen-bond acceptors (Lipinski definition) is 4. The predicted octanol–water partition coefficient (Wildman–Crippen LogP) is 7.09. The van der Waals surface area contributed by atoms with Crippen molar-refractivity contribution in [1.29, 1.82) is 0 Å². The minimum atomic E-state index is -4.70. The van der Waals surface area contributed by atoms with Crippen molar-refractivity contribution in [2.24, 2.45) is 0 Å². The Morgan fingerprint density at radius 2 is 1.62 bits per heavy atom. The topological polar surface area (TPSA) is 93.4 Å². The molecule has 0 aliphatic carbocycles. The summed E-state index contributed by atoms with van der Waals surface area (Å²) >= 11 is 0. The maximum absolute atomic E-state index is 14.2. The summed E-state index contributed by atoms with van der Waals surface area (Å²) in [5.41, 5.74) is 3.47. The lowest BCUT2D eigenvalue weighted by molar-refractivity contribution is -0.137.